The molecule has 2 amide bonds. The number of hydrogen-bond donors (Lipinski definition) is 1. The van der Waals surface area contributed by atoms with Gasteiger partial charge in [-0.1, -0.05) is 11.8 Å². The predicted octanol–water partition coefficient (Wildman–Crippen LogP) is 4.21. The van der Waals surface area contributed by atoms with Gasteiger partial charge in [0.2, 0.25) is 11.8 Å². The van der Waals surface area contributed by atoms with Crippen LogP contribution in [0.3, 0.4) is 0 Å². The molecule has 2 heterocycles. The third kappa shape index (κ3) is 5.44. The number of thioether (sulfide) groups is 1. The van der Waals surface area contributed by atoms with E-state index >= 15 is 0 Å². The fourth-order valence-electron chi connectivity index (χ4n) is 3.18. The van der Waals surface area contributed by atoms with Gasteiger partial charge >= 0.3 is 0 Å². The van der Waals surface area contributed by atoms with Gasteiger partial charge < -0.3 is 19.4 Å². The number of aromatic nitrogens is 2. The largest absolute Gasteiger partial charge is 0.481 e. The Hall–Kier alpha value is -3.40. The summed E-state index contributed by atoms with van der Waals surface area (Å²) in [6.45, 7) is 2.46. The summed E-state index contributed by atoms with van der Waals surface area (Å²) in [6, 6.07) is 12.8. The molecule has 1 aliphatic rings. The van der Waals surface area contributed by atoms with Crippen LogP contribution >= 0.6 is 11.8 Å². The first-order chi connectivity index (χ1) is 15.5. The lowest BCUT2D eigenvalue weighted by Gasteiger charge is -2.16. The zero-order valence-electron chi connectivity index (χ0n) is 17.3. The van der Waals surface area contributed by atoms with Crippen LogP contribution in [0.2, 0.25) is 0 Å². The van der Waals surface area contributed by atoms with Gasteiger partial charge in [-0.05, 0) is 61.9 Å². The monoisotopic (exact) mass is 456 g/mol. The summed E-state index contributed by atoms with van der Waals surface area (Å²) in [5.74, 6) is 0.360. The molecule has 0 bridgehead atoms. The Morgan fingerprint density at radius 2 is 1.97 bits per heavy atom. The third-order valence-electron chi connectivity index (χ3n) is 4.76. The fourth-order valence-corrected chi connectivity index (χ4v) is 3.75. The zero-order valence-corrected chi connectivity index (χ0v) is 18.1. The molecule has 3 aromatic rings. The van der Waals surface area contributed by atoms with E-state index in [-0.39, 0.29) is 34.5 Å². The first kappa shape index (κ1) is 21.8. The van der Waals surface area contributed by atoms with Gasteiger partial charge in [-0.2, -0.15) is 0 Å². The number of carbonyl (C=O) groups is 2. The quantitative estimate of drug-likeness (QED) is 0.507. The number of anilines is 2. The number of nitrogens with zero attached hydrogens (tertiary/aromatic N) is 3. The smallest absolute Gasteiger partial charge is 0.277 e. The van der Waals surface area contributed by atoms with Crippen LogP contribution in [-0.4, -0.2) is 34.3 Å². The van der Waals surface area contributed by atoms with Crippen molar-refractivity contribution in [1.29, 1.82) is 0 Å². The third-order valence-corrected chi connectivity index (χ3v) is 5.58. The van der Waals surface area contributed by atoms with Crippen molar-refractivity contribution in [2.45, 2.75) is 31.1 Å². The minimum Gasteiger partial charge on any atom is -0.481 e. The lowest BCUT2D eigenvalue weighted by atomic mass is 10.2. The molecule has 0 spiro atoms. The lowest BCUT2D eigenvalue weighted by Crippen LogP contribution is -2.23. The molecular formula is C22H21FN4O4S. The highest BCUT2D eigenvalue weighted by Gasteiger charge is 2.21. The number of carbonyl (C=O) groups excluding carboxylic acids is 2. The van der Waals surface area contributed by atoms with Crippen molar-refractivity contribution >= 4 is 35.0 Å². The molecule has 10 heteroatoms. The molecule has 0 saturated carbocycles. The minimum absolute atomic E-state index is 0.0845. The first-order valence-electron chi connectivity index (χ1n) is 10.1. The Bertz CT molecular complexity index is 1090. The summed E-state index contributed by atoms with van der Waals surface area (Å²) < 4.78 is 24.2. The standard InChI is InChI=1S/C22H21FN4O4S/c1-14(30-18-10-4-15(23)5-11-18)21-25-26-22(31-21)32-13-19(28)24-16-6-8-17(9-7-16)27-12-2-3-20(27)29/h4-11,14H,2-3,12-13H2,1H3,(H,24,28). The predicted molar refractivity (Wildman–Crippen MR) is 117 cm³/mol. The van der Waals surface area contributed by atoms with E-state index in [1.54, 1.807) is 24.0 Å². The highest BCUT2D eigenvalue weighted by Crippen LogP contribution is 2.25. The summed E-state index contributed by atoms with van der Waals surface area (Å²) in [6.07, 6.45) is 0.907. The molecule has 0 aliphatic carbocycles. The second-order valence-electron chi connectivity index (χ2n) is 7.15. The van der Waals surface area contributed by atoms with E-state index in [0.717, 1.165) is 30.4 Å². The van der Waals surface area contributed by atoms with Gasteiger partial charge in [-0.15, -0.1) is 10.2 Å². The lowest BCUT2D eigenvalue weighted by molar-refractivity contribution is -0.117. The Morgan fingerprint density at radius 3 is 2.66 bits per heavy atom. The van der Waals surface area contributed by atoms with Crippen LogP contribution < -0.4 is 15.0 Å². The van der Waals surface area contributed by atoms with Gasteiger partial charge in [0.05, 0.1) is 5.75 Å². The molecular weight excluding hydrogens is 435 g/mol. The van der Waals surface area contributed by atoms with Crippen molar-refractivity contribution < 1.29 is 23.1 Å². The summed E-state index contributed by atoms with van der Waals surface area (Å²) in [4.78, 5) is 25.8. The molecule has 2 aromatic carbocycles. The first-order valence-corrected chi connectivity index (χ1v) is 11.1. The Labute approximate surface area is 188 Å². The number of nitrogens with one attached hydrogen (secondary N) is 1. The molecule has 4 rings (SSSR count). The molecule has 0 radical (unpaired) electrons. The second-order valence-corrected chi connectivity index (χ2v) is 8.08. The maximum absolute atomic E-state index is 13.0. The minimum atomic E-state index is -0.530. The molecule has 1 aliphatic heterocycles. The van der Waals surface area contributed by atoms with Crippen LogP contribution in [0.5, 0.6) is 5.75 Å². The normalized spacial score (nSPS) is 14.4. The van der Waals surface area contributed by atoms with Gasteiger partial charge in [-0.25, -0.2) is 4.39 Å². The number of halogens is 1. The van der Waals surface area contributed by atoms with E-state index in [0.29, 0.717) is 17.9 Å². The van der Waals surface area contributed by atoms with E-state index in [4.69, 9.17) is 9.15 Å². The summed E-state index contributed by atoms with van der Waals surface area (Å²) in [7, 11) is 0. The molecule has 1 N–H and O–H groups in total. The Morgan fingerprint density at radius 1 is 1.22 bits per heavy atom. The maximum atomic E-state index is 13.0. The average Bonchev–Trinajstić information content (AvgIpc) is 3.44. The van der Waals surface area contributed by atoms with Crippen molar-refractivity contribution in [3.63, 3.8) is 0 Å². The van der Waals surface area contributed by atoms with E-state index < -0.39 is 6.10 Å². The Kier molecular flexibility index (Phi) is 6.69. The fraction of sp³-hybridized carbons (Fsp3) is 0.273. The van der Waals surface area contributed by atoms with Crippen molar-refractivity contribution in [2.75, 3.05) is 22.5 Å². The molecule has 166 valence electrons. The van der Waals surface area contributed by atoms with Crippen LogP contribution in [-0.2, 0) is 9.59 Å². The number of amides is 2. The van der Waals surface area contributed by atoms with Crippen molar-refractivity contribution in [3.8, 4) is 5.75 Å². The van der Waals surface area contributed by atoms with Crippen LogP contribution in [0, 0.1) is 5.82 Å². The van der Waals surface area contributed by atoms with Crippen LogP contribution in [0.4, 0.5) is 15.8 Å². The highest BCUT2D eigenvalue weighted by atomic mass is 32.2. The molecule has 8 nitrogen and oxygen atoms in total. The molecule has 1 aromatic heterocycles. The van der Waals surface area contributed by atoms with Crippen LogP contribution in [0.15, 0.2) is 58.2 Å². The Balaban J connectivity index is 1.26. The maximum Gasteiger partial charge on any atom is 0.277 e. The van der Waals surface area contributed by atoms with Crippen LogP contribution in [0.25, 0.3) is 0 Å². The van der Waals surface area contributed by atoms with Crippen molar-refractivity contribution in [2.24, 2.45) is 0 Å². The number of benzene rings is 2. The summed E-state index contributed by atoms with van der Waals surface area (Å²) in [5, 5.41) is 10.9. The van der Waals surface area contributed by atoms with Gasteiger partial charge in [0.15, 0.2) is 6.10 Å². The highest BCUT2D eigenvalue weighted by molar-refractivity contribution is 7.99. The van der Waals surface area contributed by atoms with Crippen LogP contribution in [0.1, 0.15) is 31.8 Å². The molecule has 1 unspecified atom stereocenters. The summed E-state index contributed by atoms with van der Waals surface area (Å²) in [5.41, 5.74) is 1.47. The molecule has 1 atom stereocenters. The number of hydrogen-bond acceptors (Lipinski definition) is 7. The summed E-state index contributed by atoms with van der Waals surface area (Å²) >= 11 is 1.11. The van der Waals surface area contributed by atoms with Gasteiger partial charge in [0.1, 0.15) is 11.6 Å². The van der Waals surface area contributed by atoms with E-state index in [1.165, 1.54) is 24.3 Å². The SMILES string of the molecule is CC(Oc1ccc(F)cc1)c1nnc(SCC(=O)Nc2ccc(N3CCCC3=O)cc2)o1. The van der Waals surface area contributed by atoms with Crippen molar-refractivity contribution in [3.05, 3.63) is 60.2 Å². The van der Waals surface area contributed by atoms with Gasteiger partial charge in [0, 0.05) is 24.3 Å². The molecule has 32 heavy (non-hydrogen) atoms. The van der Waals surface area contributed by atoms with E-state index in [1.807, 2.05) is 12.1 Å². The van der Waals surface area contributed by atoms with Crippen molar-refractivity contribution in [1.82, 2.24) is 10.2 Å². The average molecular weight is 456 g/mol. The zero-order chi connectivity index (χ0) is 22.5. The second kappa shape index (κ2) is 9.82. The van der Waals surface area contributed by atoms with E-state index in [9.17, 15) is 14.0 Å². The molecule has 1 fully saturated rings. The number of ether oxygens (including phenoxy) is 1. The number of rotatable bonds is 8. The molecule has 1 saturated heterocycles. The van der Waals surface area contributed by atoms with Gasteiger partial charge in [0.25, 0.3) is 11.1 Å². The van der Waals surface area contributed by atoms with Gasteiger partial charge in [-0.3, -0.25) is 9.59 Å². The van der Waals surface area contributed by atoms with E-state index in [2.05, 4.69) is 15.5 Å². The topological polar surface area (TPSA) is 97.6 Å².